The molecule has 3 aliphatic heterocycles. The van der Waals surface area contributed by atoms with Crippen molar-refractivity contribution in [3.8, 4) is 17.2 Å². The van der Waals surface area contributed by atoms with Crippen LogP contribution in [0.1, 0.15) is 102 Å². The highest BCUT2D eigenvalue weighted by atomic mass is 31.2. The van der Waals surface area contributed by atoms with Gasteiger partial charge in [0, 0.05) is 36.8 Å². The zero-order chi connectivity index (χ0) is 84.8. The monoisotopic (exact) mass is 1670 g/mol. The first kappa shape index (κ1) is 92.7. The van der Waals surface area contributed by atoms with Gasteiger partial charge in [-0.15, -0.1) is 0 Å². The smallest absolute Gasteiger partial charge is 0.380 e. The molecule has 3 aromatic heterocycles. The summed E-state index contributed by atoms with van der Waals surface area (Å²) in [4.78, 5) is 114. The number of esters is 3. The first-order valence-corrected chi connectivity index (χ1v) is 41.0. The highest BCUT2D eigenvalue weighted by Crippen LogP contribution is 2.56. The predicted molar refractivity (Wildman–Crippen MR) is 398 cm³/mol. The highest BCUT2D eigenvalue weighted by Gasteiger charge is 2.62. The van der Waals surface area contributed by atoms with Crippen molar-refractivity contribution >= 4 is 40.7 Å². The molecule has 0 saturated carbocycles. The molecule has 0 spiro atoms. The lowest BCUT2D eigenvalue weighted by molar-refractivity contribution is -0.152. The van der Waals surface area contributed by atoms with Gasteiger partial charge in [-0.25, -0.2) is 41.3 Å². The summed E-state index contributed by atoms with van der Waals surface area (Å²) >= 11 is 0. The molecule has 36 nitrogen and oxygen atoms in total. The van der Waals surface area contributed by atoms with Crippen molar-refractivity contribution in [2.45, 2.75) is 192 Å². The lowest BCUT2D eigenvalue weighted by Crippen LogP contribution is -2.51. The van der Waals surface area contributed by atoms with E-state index in [1.165, 1.54) is 77.9 Å². The number of carbonyl (C=O) groups excluding carboxylic acids is 3. The number of aromatic nitrogens is 6. The van der Waals surface area contributed by atoms with Gasteiger partial charge in [0.15, 0.2) is 35.5 Å². The van der Waals surface area contributed by atoms with Crippen LogP contribution in [-0.4, -0.2) is 206 Å². The molecule has 0 radical (unpaired) electrons. The average molecular weight is 1680 g/mol. The number of carbonyl (C=O) groups is 3. The van der Waals surface area contributed by atoms with Crippen molar-refractivity contribution < 1.29 is 127 Å². The van der Waals surface area contributed by atoms with Gasteiger partial charge in [-0.3, -0.25) is 71.0 Å². The molecule has 3 aromatic carbocycles. The molecule has 4 unspecified atom stereocenters. The summed E-state index contributed by atoms with van der Waals surface area (Å²) in [5.41, 5.74) is -13.0. The minimum Gasteiger partial charge on any atom is -0.463 e. The summed E-state index contributed by atoms with van der Waals surface area (Å²) in [5.74, 6) is -4.09. The SMILES string of the molecule is CC(C)OC(=O)[C@H](C)CP(=O)(Oc1ccccc1)O[C@@H](C)[C@H]1O[C@@H](n2ccc(=O)[nH]c2=O)C(O)(CF)[C@H]1O.CC(C)OC(=O)[C@H](C)C[P@@](=O)(Oc1ccccc1)O[C@@H](C)[C@H]1O[C@@H](n2ccc(=O)[nH]c2=O)C(O)(CF)[C@H]1O.CC(C)OC(=O)[C@H](C)C[P@](=O)(Oc1ccccc1)O[C@@H](C)[C@H]1O[C@@H](n2ccc(=O)[nH]c2=O)C(O)(CF)[C@H]1O. The van der Waals surface area contributed by atoms with Crippen LogP contribution in [0.15, 0.2) is 157 Å². The second-order valence-corrected chi connectivity index (χ2v) is 34.2. The number of aliphatic hydroxyl groups is 6. The number of hydrogen-bond donors (Lipinski definition) is 9. The molecule has 21 atom stereocenters. The molecule has 3 aliphatic rings. The van der Waals surface area contributed by atoms with Crippen LogP contribution >= 0.6 is 22.8 Å². The number of halogens is 3. The summed E-state index contributed by atoms with van der Waals surface area (Å²) in [6, 6.07) is 27.0. The molecule has 3 saturated heterocycles. The lowest BCUT2D eigenvalue weighted by atomic mass is 9.93. The van der Waals surface area contributed by atoms with E-state index in [1.807, 2.05) is 15.0 Å². The number of benzene rings is 3. The van der Waals surface area contributed by atoms with Crippen LogP contribution in [0.4, 0.5) is 13.2 Å². The molecule has 630 valence electrons. The zero-order valence-electron chi connectivity index (χ0n) is 64.1. The van der Waals surface area contributed by atoms with Crippen LogP contribution in [0.25, 0.3) is 0 Å². The summed E-state index contributed by atoms with van der Waals surface area (Å²) in [6.45, 7) is 13.9. The van der Waals surface area contributed by atoms with Gasteiger partial charge in [0.05, 0.1) is 72.9 Å². The van der Waals surface area contributed by atoms with Crippen molar-refractivity contribution in [2.75, 3.05) is 38.5 Å². The zero-order valence-corrected chi connectivity index (χ0v) is 66.7. The maximum atomic E-state index is 14.1. The molecular formula is C72H96F3N6O30P3. The van der Waals surface area contributed by atoms with E-state index in [0.717, 1.165) is 50.5 Å². The Labute approximate surface area is 649 Å². The van der Waals surface area contributed by atoms with Crippen LogP contribution in [0.2, 0.25) is 0 Å². The third kappa shape index (κ3) is 23.2. The van der Waals surface area contributed by atoms with Gasteiger partial charge in [-0.05, 0) is 98.7 Å². The van der Waals surface area contributed by atoms with Crippen LogP contribution in [0.3, 0.4) is 0 Å². The van der Waals surface area contributed by atoms with Crippen molar-refractivity contribution in [3.63, 3.8) is 0 Å². The van der Waals surface area contributed by atoms with Gasteiger partial charge < -0.3 is 72.6 Å². The number of H-pyrrole nitrogens is 3. The fourth-order valence-electron chi connectivity index (χ4n) is 12.1. The van der Waals surface area contributed by atoms with Gasteiger partial charge >= 0.3 is 57.8 Å². The summed E-state index contributed by atoms with van der Waals surface area (Å²) < 4.78 is 153. The fourth-order valence-corrected chi connectivity index (χ4v) is 18.3. The molecule has 114 heavy (non-hydrogen) atoms. The van der Waals surface area contributed by atoms with Crippen LogP contribution in [-0.2, 0) is 70.1 Å². The van der Waals surface area contributed by atoms with E-state index >= 15 is 0 Å². The molecule has 9 N–H and O–H groups in total. The predicted octanol–water partition coefficient (Wildman–Crippen LogP) is 5.28. The number of rotatable bonds is 33. The minimum atomic E-state index is -4.17. The number of nitrogens with one attached hydrogen (secondary N) is 3. The Morgan fingerprint density at radius 2 is 0.623 bits per heavy atom. The van der Waals surface area contributed by atoms with Gasteiger partial charge in [-0.2, -0.15) is 0 Å². The second-order valence-electron chi connectivity index (χ2n) is 28.3. The number of ether oxygens (including phenoxy) is 6. The quantitative estimate of drug-likeness (QED) is 0.0144. The molecule has 42 heteroatoms. The maximum absolute atomic E-state index is 14.1. The summed E-state index contributed by atoms with van der Waals surface area (Å²) in [7, 11) is -12.5. The van der Waals surface area contributed by atoms with E-state index in [-0.39, 0.29) is 17.2 Å². The third-order valence-corrected chi connectivity index (χ3v) is 24.1. The molecule has 6 heterocycles. The molecule has 6 aromatic rings. The first-order valence-electron chi connectivity index (χ1n) is 35.9. The average Bonchev–Trinajstić information content (AvgIpc) is 1.61. The highest BCUT2D eigenvalue weighted by molar-refractivity contribution is 7.55. The van der Waals surface area contributed by atoms with Crippen molar-refractivity contribution in [2.24, 2.45) is 17.8 Å². The Morgan fingerprint density at radius 1 is 0.404 bits per heavy atom. The Morgan fingerprint density at radius 3 is 0.816 bits per heavy atom. The van der Waals surface area contributed by atoms with Gasteiger partial charge in [0.2, 0.25) is 0 Å². The molecule has 0 bridgehead atoms. The third-order valence-electron chi connectivity index (χ3n) is 17.7. The Kier molecular flexibility index (Phi) is 32.1. The molecule has 0 aliphatic carbocycles. The number of alkyl halides is 3. The van der Waals surface area contributed by atoms with Crippen LogP contribution < -0.4 is 47.3 Å². The van der Waals surface area contributed by atoms with Gasteiger partial charge in [0.25, 0.3) is 16.7 Å². The normalized spacial score (nSPS) is 26.5. The fraction of sp³-hybridized carbons (Fsp3) is 0.542. The van der Waals surface area contributed by atoms with E-state index in [4.69, 9.17) is 55.6 Å². The Hall–Kier alpha value is -8.49. The van der Waals surface area contributed by atoms with Crippen molar-refractivity contribution in [1.82, 2.24) is 28.7 Å². The van der Waals surface area contributed by atoms with E-state index in [0.29, 0.717) is 0 Å². The van der Waals surface area contributed by atoms with Crippen LogP contribution in [0.5, 0.6) is 17.2 Å². The molecular weight excluding hydrogens is 1580 g/mol. The molecule has 0 amide bonds. The minimum absolute atomic E-state index is 0.179. The standard InChI is InChI=1S/3C24H32FN2O10P/c3*1-14(2)34-21(30)15(3)12-38(33,37-17-8-6-5-7-9-17)36-16(4)19-20(29)24(32,13-25)22(35-19)27-11-10-18(28)26-23(27)31/h3*5-11,14-16,19-20,22,29,32H,12-13H2,1-4H3,(H,26,28,31)/t15-,16+,19-,20+,22-,24?,38?;15-,16+,19-,20+,22-,24?,38+;15-,16+,19-,20+,22-,24?,38-/m111/s1. The maximum Gasteiger partial charge on any atom is 0.380 e. The number of aliphatic hydroxyl groups excluding tert-OH is 3. The van der Waals surface area contributed by atoms with Gasteiger partial charge in [0.1, 0.15) is 73.9 Å². The van der Waals surface area contributed by atoms with Crippen LogP contribution in [0, 0.1) is 17.8 Å². The number of nitrogens with zero attached hydrogens (tertiary/aromatic N) is 3. The van der Waals surface area contributed by atoms with Crippen molar-refractivity contribution in [1.29, 1.82) is 0 Å². The van der Waals surface area contributed by atoms with E-state index < -0.39 is 239 Å². The Bertz CT molecular complexity index is 4270. The number of aromatic amines is 3. The number of hydrogen-bond acceptors (Lipinski definition) is 30. The van der Waals surface area contributed by atoms with Gasteiger partial charge in [-0.1, -0.05) is 75.4 Å². The number of para-hydroxylation sites is 3. The summed E-state index contributed by atoms with van der Waals surface area (Å²) in [5, 5.41) is 65.2. The molecule has 9 rings (SSSR count). The second kappa shape index (κ2) is 39.4. The largest absolute Gasteiger partial charge is 0.463 e. The van der Waals surface area contributed by atoms with Crippen molar-refractivity contribution in [3.05, 3.63) is 190 Å². The lowest BCUT2D eigenvalue weighted by Gasteiger charge is -2.30. The van der Waals surface area contributed by atoms with E-state index in [9.17, 15) is 101 Å². The van der Waals surface area contributed by atoms with E-state index in [2.05, 4.69) is 0 Å². The molecule has 3 fully saturated rings. The Balaban J connectivity index is 0.000000237. The topological polar surface area (TPSA) is 499 Å². The van der Waals surface area contributed by atoms with E-state index in [1.54, 1.807) is 96.1 Å². The first-order chi connectivity index (χ1) is 53.4. The summed E-state index contributed by atoms with van der Waals surface area (Å²) in [6.07, 6.45) is -19.0.